The van der Waals surface area contributed by atoms with Gasteiger partial charge in [-0.2, -0.15) is 0 Å². The highest BCUT2D eigenvalue weighted by Crippen LogP contribution is 2.36. The normalized spacial score (nSPS) is 28.2. The molecule has 0 atom stereocenters. The van der Waals surface area contributed by atoms with E-state index in [2.05, 4.69) is 11.9 Å². The number of pyridine rings is 1. The van der Waals surface area contributed by atoms with Crippen LogP contribution in [0.1, 0.15) is 51.0 Å². The van der Waals surface area contributed by atoms with E-state index in [9.17, 15) is 5.11 Å². The van der Waals surface area contributed by atoms with E-state index in [1.54, 1.807) is 18.5 Å². The Bertz CT molecular complexity index is 384. The molecule has 0 bridgehead atoms. The Labute approximate surface area is 109 Å². The number of aliphatic hydroxyl groups is 1. The monoisotopic (exact) mass is 248 g/mol. The molecule has 1 aliphatic rings. The van der Waals surface area contributed by atoms with Crippen molar-refractivity contribution in [1.29, 1.82) is 0 Å². The predicted octanol–water partition coefficient (Wildman–Crippen LogP) is 2.93. The summed E-state index contributed by atoms with van der Waals surface area (Å²) in [5.74, 6) is 0.807. The summed E-state index contributed by atoms with van der Waals surface area (Å²) in [7, 11) is 0. The quantitative estimate of drug-likeness (QED) is 0.861. The third kappa shape index (κ3) is 3.22. The summed E-state index contributed by atoms with van der Waals surface area (Å²) in [6.07, 6.45) is 10.7. The minimum atomic E-state index is -0.568. The molecule has 1 saturated carbocycles. The number of nitrogens with zero attached hydrogens (tertiary/aromatic N) is 1. The molecule has 3 nitrogen and oxygen atoms in total. The number of nitrogens with two attached hydrogens (primary N) is 1. The van der Waals surface area contributed by atoms with Crippen LogP contribution in [0, 0.1) is 5.92 Å². The second-order valence-corrected chi connectivity index (χ2v) is 5.71. The second-order valence-electron chi connectivity index (χ2n) is 5.71. The number of nitrogen functional groups attached to an aromatic ring is 1. The lowest BCUT2D eigenvalue weighted by atomic mass is 9.75. The third-order valence-corrected chi connectivity index (χ3v) is 4.19. The molecular weight excluding hydrogens is 224 g/mol. The molecule has 0 aromatic carbocycles. The molecule has 1 aromatic heterocycles. The summed E-state index contributed by atoms with van der Waals surface area (Å²) in [4.78, 5) is 4.10. The molecule has 100 valence electrons. The van der Waals surface area contributed by atoms with Crippen molar-refractivity contribution >= 4 is 5.69 Å². The van der Waals surface area contributed by atoms with Gasteiger partial charge in [0.15, 0.2) is 0 Å². The summed E-state index contributed by atoms with van der Waals surface area (Å²) in [5.41, 5.74) is 7.08. The van der Waals surface area contributed by atoms with Gasteiger partial charge in [-0.25, -0.2) is 0 Å². The highest BCUT2D eigenvalue weighted by Gasteiger charge is 2.33. The molecule has 0 unspecified atom stereocenters. The maximum Gasteiger partial charge on any atom is 0.0689 e. The molecule has 1 fully saturated rings. The van der Waals surface area contributed by atoms with Crippen LogP contribution in [0.5, 0.6) is 0 Å². The number of hydrogen-bond acceptors (Lipinski definition) is 3. The van der Waals surface area contributed by atoms with Crippen molar-refractivity contribution in [3.63, 3.8) is 0 Å². The standard InChI is InChI=1S/C15H24N2O/c1-2-3-12-4-7-15(18,8-5-12)10-13-11-17-9-6-14(13)16/h6,9,11-12,18H,2-5,7-8,10H2,1H3,(H2,16,17). The highest BCUT2D eigenvalue weighted by molar-refractivity contribution is 5.45. The fourth-order valence-electron chi connectivity index (χ4n) is 3.03. The number of anilines is 1. The second kappa shape index (κ2) is 5.70. The van der Waals surface area contributed by atoms with E-state index in [0.29, 0.717) is 6.42 Å². The topological polar surface area (TPSA) is 59.1 Å². The average molecular weight is 248 g/mol. The molecule has 0 spiro atoms. The van der Waals surface area contributed by atoms with Gasteiger partial charge in [0.2, 0.25) is 0 Å². The molecule has 0 saturated heterocycles. The zero-order valence-corrected chi connectivity index (χ0v) is 11.2. The van der Waals surface area contributed by atoms with Crippen molar-refractivity contribution in [1.82, 2.24) is 4.98 Å². The van der Waals surface area contributed by atoms with Gasteiger partial charge < -0.3 is 10.8 Å². The van der Waals surface area contributed by atoms with Crippen LogP contribution in [-0.2, 0) is 6.42 Å². The first kappa shape index (κ1) is 13.3. The fraction of sp³-hybridized carbons (Fsp3) is 0.667. The molecule has 0 amide bonds. The largest absolute Gasteiger partial charge is 0.398 e. The zero-order chi connectivity index (χ0) is 13.0. The van der Waals surface area contributed by atoms with E-state index in [1.807, 2.05) is 0 Å². The van der Waals surface area contributed by atoms with Gasteiger partial charge in [0, 0.05) is 24.5 Å². The van der Waals surface area contributed by atoms with Gasteiger partial charge in [0.25, 0.3) is 0 Å². The Kier molecular flexibility index (Phi) is 4.23. The summed E-state index contributed by atoms with van der Waals surface area (Å²) in [6.45, 7) is 2.23. The minimum absolute atomic E-state index is 0.568. The summed E-state index contributed by atoms with van der Waals surface area (Å²) in [6, 6.07) is 1.81. The lowest BCUT2D eigenvalue weighted by molar-refractivity contribution is -0.00980. The first-order valence-electron chi connectivity index (χ1n) is 7.04. The molecule has 18 heavy (non-hydrogen) atoms. The van der Waals surface area contributed by atoms with Gasteiger partial charge in [-0.15, -0.1) is 0 Å². The lowest BCUT2D eigenvalue weighted by Crippen LogP contribution is -2.36. The molecule has 0 radical (unpaired) electrons. The lowest BCUT2D eigenvalue weighted by Gasteiger charge is -2.36. The van der Waals surface area contributed by atoms with Crippen LogP contribution in [0.15, 0.2) is 18.5 Å². The predicted molar refractivity (Wildman–Crippen MR) is 74.2 cm³/mol. The highest BCUT2D eigenvalue weighted by atomic mass is 16.3. The fourth-order valence-corrected chi connectivity index (χ4v) is 3.03. The van der Waals surface area contributed by atoms with Crippen LogP contribution in [0.3, 0.4) is 0 Å². The number of hydrogen-bond donors (Lipinski definition) is 2. The summed E-state index contributed by atoms with van der Waals surface area (Å²) >= 11 is 0. The van der Waals surface area contributed by atoms with E-state index < -0.39 is 5.60 Å². The van der Waals surface area contributed by atoms with Crippen molar-refractivity contribution in [2.75, 3.05) is 5.73 Å². The Morgan fingerprint density at radius 2 is 2.17 bits per heavy atom. The molecular formula is C15H24N2O. The Morgan fingerprint density at radius 3 is 2.78 bits per heavy atom. The van der Waals surface area contributed by atoms with Crippen LogP contribution < -0.4 is 5.73 Å². The van der Waals surface area contributed by atoms with Gasteiger partial charge in [-0.1, -0.05) is 19.8 Å². The van der Waals surface area contributed by atoms with Crippen molar-refractivity contribution in [2.45, 2.75) is 57.5 Å². The Balaban J connectivity index is 1.96. The number of aromatic nitrogens is 1. The molecule has 3 heteroatoms. The summed E-state index contributed by atoms with van der Waals surface area (Å²) < 4.78 is 0. The van der Waals surface area contributed by atoms with Crippen molar-refractivity contribution in [2.24, 2.45) is 5.92 Å². The maximum atomic E-state index is 10.7. The van der Waals surface area contributed by atoms with Crippen molar-refractivity contribution in [3.05, 3.63) is 24.0 Å². The average Bonchev–Trinajstić information content (AvgIpc) is 2.36. The van der Waals surface area contributed by atoms with Crippen LogP contribution in [-0.4, -0.2) is 15.7 Å². The van der Waals surface area contributed by atoms with Crippen LogP contribution >= 0.6 is 0 Å². The van der Waals surface area contributed by atoms with E-state index in [-0.39, 0.29) is 0 Å². The Hall–Kier alpha value is -1.09. The molecule has 1 aromatic rings. The van der Waals surface area contributed by atoms with E-state index >= 15 is 0 Å². The van der Waals surface area contributed by atoms with E-state index in [4.69, 9.17) is 5.73 Å². The van der Waals surface area contributed by atoms with Crippen molar-refractivity contribution in [3.8, 4) is 0 Å². The smallest absolute Gasteiger partial charge is 0.0689 e. The Morgan fingerprint density at radius 1 is 1.44 bits per heavy atom. The molecule has 2 rings (SSSR count). The maximum absolute atomic E-state index is 10.7. The van der Waals surface area contributed by atoms with Gasteiger partial charge in [0.1, 0.15) is 0 Å². The number of rotatable bonds is 4. The SMILES string of the molecule is CCCC1CCC(O)(Cc2cnccc2N)CC1. The first-order chi connectivity index (χ1) is 8.63. The first-order valence-corrected chi connectivity index (χ1v) is 7.04. The molecule has 3 N–H and O–H groups in total. The summed E-state index contributed by atoms with van der Waals surface area (Å²) in [5, 5.41) is 10.7. The minimum Gasteiger partial charge on any atom is -0.398 e. The van der Waals surface area contributed by atoms with Crippen LogP contribution in [0.25, 0.3) is 0 Å². The van der Waals surface area contributed by atoms with Crippen LogP contribution in [0.2, 0.25) is 0 Å². The zero-order valence-electron chi connectivity index (χ0n) is 11.2. The third-order valence-electron chi connectivity index (χ3n) is 4.19. The van der Waals surface area contributed by atoms with E-state index in [0.717, 1.165) is 42.9 Å². The molecule has 1 aliphatic carbocycles. The van der Waals surface area contributed by atoms with Gasteiger partial charge in [-0.05, 0) is 43.2 Å². The molecule has 0 aliphatic heterocycles. The van der Waals surface area contributed by atoms with Gasteiger partial charge >= 0.3 is 0 Å². The van der Waals surface area contributed by atoms with E-state index in [1.165, 1.54) is 12.8 Å². The van der Waals surface area contributed by atoms with Gasteiger partial charge in [0.05, 0.1) is 5.60 Å². The van der Waals surface area contributed by atoms with Crippen molar-refractivity contribution < 1.29 is 5.11 Å². The molecule has 1 heterocycles. The van der Waals surface area contributed by atoms with Gasteiger partial charge in [-0.3, -0.25) is 4.98 Å². The van der Waals surface area contributed by atoms with Crippen LogP contribution in [0.4, 0.5) is 5.69 Å².